The number of benzene rings is 2. The van der Waals surface area contributed by atoms with E-state index in [4.69, 9.17) is 10.6 Å². The lowest BCUT2D eigenvalue weighted by Crippen LogP contribution is -2.36. The fourth-order valence-electron chi connectivity index (χ4n) is 3.50. The summed E-state index contributed by atoms with van der Waals surface area (Å²) < 4.78 is 7.03. The van der Waals surface area contributed by atoms with Gasteiger partial charge in [0, 0.05) is 19.6 Å². The minimum Gasteiger partial charge on any atom is -0.376 e. The van der Waals surface area contributed by atoms with Crippen LogP contribution in [0.25, 0.3) is 10.8 Å². The van der Waals surface area contributed by atoms with Crippen LogP contribution in [0.3, 0.4) is 0 Å². The van der Waals surface area contributed by atoms with Crippen LogP contribution in [0, 0.1) is 0 Å². The van der Waals surface area contributed by atoms with Gasteiger partial charge in [-0.2, -0.15) is 0 Å². The van der Waals surface area contributed by atoms with Gasteiger partial charge in [0.05, 0.1) is 11.4 Å². The lowest BCUT2D eigenvalue weighted by atomic mass is 10.0. The maximum Gasteiger partial charge on any atom is 0.233 e. The number of aromatic nitrogens is 3. The first-order chi connectivity index (χ1) is 14.1. The lowest BCUT2D eigenvalue weighted by molar-refractivity contribution is -0.120. The van der Waals surface area contributed by atoms with E-state index in [1.54, 1.807) is 0 Å². The van der Waals surface area contributed by atoms with Crippen molar-refractivity contribution in [3.63, 3.8) is 0 Å². The average Bonchev–Trinajstić information content (AvgIpc) is 3.38. The van der Waals surface area contributed by atoms with Gasteiger partial charge in [0.1, 0.15) is 0 Å². The summed E-state index contributed by atoms with van der Waals surface area (Å²) in [5.74, 6) is 6.85. The van der Waals surface area contributed by atoms with Gasteiger partial charge in [-0.3, -0.25) is 4.79 Å². The van der Waals surface area contributed by atoms with Crippen LogP contribution in [0.5, 0.6) is 0 Å². The second kappa shape index (κ2) is 8.84. The lowest BCUT2D eigenvalue weighted by Gasteiger charge is -2.14. The number of rotatable bonds is 7. The van der Waals surface area contributed by atoms with Gasteiger partial charge in [-0.25, -0.2) is 4.68 Å². The Balaban J connectivity index is 1.40. The van der Waals surface area contributed by atoms with Gasteiger partial charge in [0.15, 0.2) is 5.82 Å². The molecule has 0 saturated carbocycles. The molecule has 1 aliphatic heterocycles. The molecule has 7 nitrogen and oxygen atoms in total. The third-order valence-corrected chi connectivity index (χ3v) is 6.20. The van der Waals surface area contributed by atoms with Gasteiger partial charge in [0.25, 0.3) is 0 Å². The molecule has 8 heteroatoms. The van der Waals surface area contributed by atoms with E-state index in [2.05, 4.69) is 39.8 Å². The quantitative estimate of drug-likeness (QED) is 0.458. The van der Waals surface area contributed by atoms with E-state index >= 15 is 0 Å². The van der Waals surface area contributed by atoms with E-state index in [1.165, 1.54) is 27.2 Å². The Hall–Kier alpha value is -2.58. The van der Waals surface area contributed by atoms with E-state index in [9.17, 15) is 4.79 Å². The molecule has 1 amide bonds. The zero-order valence-corrected chi connectivity index (χ0v) is 17.2. The predicted octanol–water partition coefficient (Wildman–Crippen LogP) is 2.51. The van der Waals surface area contributed by atoms with Gasteiger partial charge in [-0.05, 0) is 36.1 Å². The molecule has 152 valence electrons. The Morgan fingerprint density at radius 1 is 1.31 bits per heavy atom. The second-order valence-corrected chi connectivity index (χ2v) is 8.53. The van der Waals surface area contributed by atoms with E-state index in [1.807, 2.05) is 25.1 Å². The maximum atomic E-state index is 12.4. The molecule has 0 bridgehead atoms. The molecule has 0 spiro atoms. The van der Waals surface area contributed by atoms with Crippen molar-refractivity contribution in [2.45, 2.75) is 42.7 Å². The molecular weight excluding hydrogens is 386 g/mol. The smallest absolute Gasteiger partial charge is 0.233 e. The predicted molar refractivity (Wildman–Crippen MR) is 114 cm³/mol. The van der Waals surface area contributed by atoms with Gasteiger partial charge in [-0.1, -0.05) is 54.2 Å². The highest BCUT2D eigenvalue weighted by Gasteiger charge is 2.22. The second-order valence-electron chi connectivity index (χ2n) is 7.22. The first-order valence-electron chi connectivity index (χ1n) is 9.84. The van der Waals surface area contributed by atoms with E-state index in [-0.39, 0.29) is 17.3 Å². The van der Waals surface area contributed by atoms with Gasteiger partial charge in [0.2, 0.25) is 11.1 Å². The van der Waals surface area contributed by atoms with Crippen molar-refractivity contribution in [2.24, 2.45) is 0 Å². The SMILES string of the molecule is C[C@H](Sc1nnc(Cc2cccc3ccccc23)n1N)C(=O)NC[C@H]1CCCO1. The molecule has 0 unspecified atom stereocenters. The number of nitrogens with one attached hydrogen (secondary N) is 1. The number of carbonyl (C=O) groups is 1. The van der Waals surface area contributed by atoms with E-state index in [0.717, 1.165) is 25.0 Å². The van der Waals surface area contributed by atoms with Crippen LogP contribution in [-0.4, -0.2) is 45.3 Å². The summed E-state index contributed by atoms with van der Waals surface area (Å²) >= 11 is 1.31. The van der Waals surface area contributed by atoms with Gasteiger partial charge < -0.3 is 15.9 Å². The fourth-order valence-corrected chi connectivity index (χ4v) is 4.31. The molecular formula is C21H25N5O2S. The average molecular weight is 412 g/mol. The summed E-state index contributed by atoms with van der Waals surface area (Å²) in [4.78, 5) is 12.4. The molecule has 1 aromatic heterocycles. The summed E-state index contributed by atoms with van der Waals surface area (Å²) in [7, 11) is 0. The fraction of sp³-hybridized carbons (Fsp3) is 0.381. The van der Waals surface area contributed by atoms with Crippen molar-refractivity contribution in [1.82, 2.24) is 20.2 Å². The molecule has 3 N–H and O–H groups in total. The highest BCUT2D eigenvalue weighted by atomic mass is 32.2. The minimum absolute atomic E-state index is 0.0518. The van der Waals surface area contributed by atoms with Crippen LogP contribution in [0.1, 0.15) is 31.2 Å². The number of amides is 1. The molecule has 2 atom stereocenters. The van der Waals surface area contributed by atoms with E-state index < -0.39 is 0 Å². The number of ether oxygens (including phenoxy) is 1. The number of fused-ring (bicyclic) bond motifs is 1. The molecule has 29 heavy (non-hydrogen) atoms. The number of thioether (sulfide) groups is 1. The molecule has 4 rings (SSSR count). The molecule has 1 fully saturated rings. The van der Waals surface area contributed by atoms with Gasteiger partial charge >= 0.3 is 0 Å². The minimum atomic E-state index is -0.326. The molecule has 0 aliphatic carbocycles. The number of nitrogens with zero attached hydrogens (tertiary/aromatic N) is 3. The topological polar surface area (TPSA) is 95.1 Å². The summed E-state index contributed by atoms with van der Waals surface area (Å²) in [6.45, 7) is 3.17. The summed E-state index contributed by atoms with van der Waals surface area (Å²) in [6, 6.07) is 14.4. The molecule has 1 saturated heterocycles. The van der Waals surface area contributed by atoms with Crippen molar-refractivity contribution in [1.29, 1.82) is 0 Å². The number of hydrogen-bond acceptors (Lipinski definition) is 6. The van der Waals surface area contributed by atoms with Gasteiger partial charge in [-0.15, -0.1) is 10.2 Å². The van der Waals surface area contributed by atoms with E-state index in [0.29, 0.717) is 23.9 Å². The van der Waals surface area contributed by atoms with Crippen molar-refractivity contribution >= 4 is 28.4 Å². The van der Waals surface area contributed by atoms with Crippen LogP contribution >= 0.6 is 11.8 Å². The Morgan fingerprint density at radius 3 is 2.97 bits per heavy atom. The third kappa shape index (κ3) is 4.54. The van der Waals surface area contributed by atoms with Crippen LogP contribution in [0.15, 0.2) is 47.6 Å². The van der Waals surface area contributed by atoms with Crippen molar-refractivity contribution in [3.8, 4) is 0 Å². The van der Waals surface area contributed by atoms with Crippen molar-refractivity contribution in [2.75, 3.05) is 19.0 Å². The molecule has 1 aliphatic rings. The summed E-state index contributed by atoms with van der Waals surface area (Å²) in [6.07, 6.45) is 2.75. The van der Waals surface area contributed by atoms with Crippen molar-refractivity contribution in [3.05, 3.63) is 53.9 Å². The Labute approximate surface area is 174 Å². The highest BCUT2D eigenvalue weighted by Crippen LogP contribution is 2.24. The maximum absolute atomic E-state index is 12.4. The molecule has 2 aromatic carbocycles. The third-order valence-electron chi connectivity index (χ3n) is 5.14. The van der Waals surface area contributed by atoms with Crippen molar-refractivity contribution < 1.29 is 9.53 Å². The van der Waals surface area contributed by atoms with Crippen LogP contribution in [0.4, 0.5) is 0 Å². The standard InChI is InChI=1S/C21H25N5O2S/c1-14(20(27)23-13-17-9-5-11-28-17)29-21-25-24-19(26(21)22)12-16-8-4-7-15-6-2-3-10-18(15)16/h2-4,6-8,10,14,17H,5,9,11-13,22H2,1H3,(H,23,27)/t14-,17+/m0/s1. The molecule has 3 aromatic rings. The number of nitrogen functional groups attached to an aromatic ring is 1. The number of hydrogen-bond donors (Lipinski definition) is 2. The summed E-state index contributed by atoms with van der Waals surface area (Å²) in [5.41, 5.74) is 1.14. The molecule has 0 radical (unpaired) electrons. The number of nitrogens with two attached hydrogens (primary N) is 1. The van der Waals surface area contributed by atoms with Crippen LogP contribution < -0.4 is 11.2 Å². The summed E-state index contributed by atoms with van der Waals surface area (Å²) in [5, 5.41) is 14.0. The van der Waals surface area contributed by atoms with Crippen LogP contribution in [-0.2, 0) is 16.0 Å². The molecule has 2 heterocycles. The Morgan fingerprint density at radius 2 is 2.14 bits per heavy atom. The largest absolute Gasteiger partial charge is 0.376 e. The monoisotopic (exact) mass is 411 g/mol. The first kappa shape index (κ1) is 19.7. The zero-order valence-electron chi connectivity index (χ0n) is 16.4. The first-order valence-corrected chi connectivity index (χ1v) is 10.7. The zero-order chi connectivity index (χ0) is 20.2. The Bertz CT molecular complexity index is 994. The number of carbonyl (C=O) groups excluding carboxylic acids is 1. The highest BCUT2D eigenvalue weighted by molar-refractivity contribution is 8.00. The normalized spacial score (nSPS) is 17.5. The van der Waals surface area contributed by atoms with Crippen LogP contribution in [0.2, 0.25) is 0 Å². The Kier molecular flexibility index (Phi) is 6.01.